The fraction of sp³-hybridized carbons (Fsp3) is 0. The van der Waals surface area contributed by atoms with Gasteiger partial charge in [-0.2, -0.15) is 0 Å². The molecule has 0 aliphatic carbocycles. The van der Waals surface area contributed by atoms with Gasteiger partial charge in [0.05, 0.1) is 0 Å². The van der Waals surface area contributed by atoms with Crippen molar-refractivity contribution in [2.75, 3.05) is 0 Å². The number of rotatable bonds is 6. The maximum absolute atomic E-state index is 6.74. The molecule has 0 spiro atoms. The van der Waals surface area contributed by atoms with Crippen molar-refractivity contribution in [2.24, 2.45) is 0 Å². The lowest BCUT2D eigenvalue weighted by Gasteiger charge is -2.18. The molecule has 0 unspecified atom stereocenters. The summed E-state index contributed by atoms with van der Waals surface area (Å²) < 4.78 is 1.36. The second kappa shape index (κ2) is 14.4. The molecule has 244 valence electrons. The number of nitrogens with zero attached hydrogens (tertiary/aromatic N) is 3. The Hall–Kier alpha value is -5.78. The lowest BCUT2D eigenvalue weighted by molar-refractivity contribution is 1.07. The van der Waals surface area contributed by atoms with Crippen LogP contribution in [0.25, 0.3) is 87.7 Å². The Labute approximate surface area is 338 Å². The number of benzene rings is 7. The van der Waals surface area contributed by atoms with E-state index in [-0.39, 0.29) is 16.4 Å². The summed E-state index contributed by atoms with van der Waals surface area (Å²) in [5.74, 6) is 1.60. The second-order valence-electron chi connectivity index (χ2n) is 13.6. The third kappa shape index (κ3) is 6.15. The second-order valence-corrected chi connectivity index (χ2v) is 14.6. The largest absolute Gasteiger partial charge is 0.208 e. The van der Waals surface area contributed by atoms with Crippen molar-refractivity contribution in [1.82, 2.24) is 15.0 Å². The van der Waals surface area contributed by atoms with Gasteiger partial charge in [-0.3, -0.25) is 0 Å². The van der Waals surface area contributed by atoms with Crippen molar-refractivity contribution in [3.63, 3.8) is 0 Å². The highest BCUT2D eigenvalue weighted by Crippen LogP contribution is 2.37. The molecule has 0 amide bonds. The van der Waals surface area contributed by atoms with E-state index in [0.29, 0.717) is 65.1 Å². The molecule has 0 saturated carbocycles. The van der Waals surface area contributed by atoms with Crippen molar-refractivity contribution < 1.29 is 0 Å². The molecule has 0 aliphatic heterocycles. The first kappa shape index (κ1) is 35.9. The zero-order valence-corrected chi connectivity index (χ0v) is 30.8. The van der Waals surface area contributed by atoms with E-state index < -0.39 is 0 Å². The molecule has 11 heteroatoms. The van der Waals surface area contributed by atoms with E-state index in [0.717, 1.165) is 44.5 Å². The average Bonchev–Trinajstić information content (AvgIpc) is 3.66. The summed E-state index contributed by atoms with van der Waals surface area (Å²) >= 11 is 1.35. The highest BCUT2D eigenvalue weighted by Gasteiger charge is 2.21. The van der Waals surface area contributed by atoms with Crippen LogP contribution in [-0.2, 0) is 0 Å². The summed E-state index contributed by atoms with van der Waals surface area (Å²) in [4.78, 5) is 15.0. The Balaban J connectivity index is 1.17. The van der Waals surface area contributed by atoms with Crippen molar-refractivity contribution >= 4 is 125 Å². The van der Waals surface area contributed by atoms with Crippen LogP contribution < -0.4 is 38.2 Å². The average molecular weight is 712 g/mol. The molecule has 2 aromatic heterocycles. The number of fused-ring (bicyclic) bond motifs is 3. The summed E-state index contributed by atoms with van der Waals surface area (Å²) in [6.45, 7) is 0. The molecule has 7 aromatic carbocycles. The maximum Gasteiger partial charge on any atom is 0.164 e. The summed E-state index contributed by atoms with van der Waals surface area (Å²) in [5, 5.41) is 1.34. The van der Waals surface area contributed by atoms with Gasteiger partial charge in [0.2, 0.25) is 0 Å². The zero-order valence-electron chi connectivity index (χ0n) is 30.0. The Morgan fingerprint density at radius 3 is 1.04 bits per heavy atom. The molecule has 14 radical (unpaired) electrons. The van der Waals surface area contributed by atoms with E-state index in [1.54, 1.807) is 0 Å². The molecule has 0 fully saturated rings. The monoisotopic (exact) mass is 713 g/mol. The van der Waals surface area contributed by atoms with Crippen LogP contribution in [0.1, 0.15) is 0 Å². The first-order chi connectivity index (χ1) is 27.2. The Morgan fingerprint density at radius 1 is 0.286 bits per heavy atom. The molecular formula is C45H22B7N3S. The van der Waals surface area contributed by atoms with E-state index in [1.807, 2.05) is 84.9 Å². The predicted octanol–water partition coefficient (Wildman–Crippen LogP) is 3.80. The quantitative estimate of drug-likeness (QED) is 0.247. The van der Waals surface area contributed by atoms with Crippen molar-refractivity contribution in [1.29, 1.82) is 0 Å². The van der Waals surface area contributed by atoms with Crippen LogP contribution in [0.5, 0.6) is 0 Å². The molecule has 56 heavy (non-hydrogen) atoms. The van der Waals surface area contributed by atoms with Gasteiger partial charge in [-0.15, -0.1) is 27.7 Å². The van der Waals surface area contributed by atoms with Crippen LogP contribution in [0.4, 0.5) is 0 Å². The predicted molar refractivity (Wildman–Crippen MR) is 243 cm³/mol. The lowest BCUT2D eigenvalue weighted by atomic mass is 9.64. The Morgan fingerprint density at radius 2 is 0.607 bits per heavy atom. The number of aromatic nitrogens is 3. The van der Waals surface area contributed by atoms with Crippen LogP contribution >= 0.6 is 11.3 Å². The smallest absolute Gasteiger partial charge is 0.164 e. The van der Waals surface area contributed by atoms with Crippen LogP contribution in [-0.4, -0.2) is 69.9 Å². The minimum Gasteiger partial charge on any atom is -0.208 e. The number of thiophene rings is 1. The molecule has 0 atom stereocenters. The molecule has 0 bridgehead atoms. The molecule has 0 N–H and O–H groups in total. The fourth-order valence-electron chi connectivity index (χ4n) is 7.12. The van der Waals surface area contributed by atoms with E-state index >= 15 is 0 Å². The third-order valence-electron chi connectivity index (χ3n) is 10.2. The highest BCUT2D eigenvalue weighted by molar-refractivity contribution is 7.28. The van der Waals surface area contributed by atoms with Crippen molar-refractivity contribution in [3.8, 4) is 67.5 Å². The minimum absolute atomic E-state index is 0.204. The Kier molecular flexibility index (Phi) is 9.22. The van der Waals surface area contributed by atoms with Crippen molar-refractivity contribution in [2.45, 2.75) is 0 Å². The highest BCUT2D eigenvalue weighted by atomic mass is 32.1. The van der Waals surface area contributed by atoms with E-state index in [4.69, 9.17) is 69.9 Å². The van der Waals surface area contributed by atoms with Gasteiger partial charge in [0.25, 0.3) is 0 Å². The SMILES string of the molecule is [B]c1c([B])c([B])c2c(sc3c([B])c([B])c([B])c(-c4ccc(-c5nc(-c6ccc(-c7ccccc7)cc6)nc(-c6ccc(-c7ccccc7)cc6)n5)cc4)c32)c1[B]. The van der Waals surface area contributed by atoms with Crippen LogP contribution in [0, 0.1) is 0 Å². The third-order valence-corrected chi connectivity index (χ3v) is 11.5. The maximum atomic E-state index is 6.74. The normalized spacial score (nSPS) is 11.4. The van der Waals surface area contributed by atoms with Crippen LogP contribution in [0.15, 0.2) is 133 Å². The lowest BCUT2D eigenvalue weighted by Crippen LogP contribution is -2.47. The molecule has 9 rings (SSSR count). The first-order valence-corrected chi connectivity index (χ1v) is 18.6. The van der Waals surface area contributed by atoms with Crippen LogP contribution in [0.2, 0.25) is 0 Å². The van der Waals surface area contributed by atoms with Gasteiger partial charge in [0.1, 0.15) is 54.9 Å². The fourth-order valence-corrected chi connectivity index (χ4v) is 8.39. The number of hydrogen-bond acceptors (Lipinski definition) is 4. The van der Waals surface area contributed by atoms with E-state index in [2.05, 4.69) is 48.5 Å². The van der Waals surface area contributed by atoms with Gasteiger partial charge in [-0.1, -0.05) is 155 Å². The zero-order chi connectivity index (χ0) is 38.7. The van der Waals surface area contributed by atoms with Gasteiger partial charge in [0.15, 0.2) is 17.5 Å². The van der Waals surface area contributed by atoms with Gasteiger partial charge >= 0.3 is 0 Å². The Bertz CT molecular complexity index is 2850. The van der Waals surface area contributed by atoms with Crippen LogP contribution in [0.3, 0.4) is 0 Å². The van der Waals surface area contributed by atoms with E-state index in [1.165, 1.54) is 11.3 Å². The molecule has 0 aliphatic rings. The molecule has 0 saturated heterocycles. The first-order valence-electron chi connectivity index (χ1n) is 17.8. The topological polar surface area (TPSA) is 38.7 Å². The number of hydrogen-bond donors (Lipinski definition) is 0. The molecule has 9 aromatic rings. The molecule has 3 nitrogen and oxygen atoms in total. The van der Waals surface area contributed by atoms with E-state index in [9.17, 15) is 0 Å². The van der Waals surface area contributed by atoms with Crippen molar-refractivity contribution in [3.05, 3.63) is 133 Å². The summed E-state index contributed by atoms with van der Waals surface area (Å²) in [6, 6.07) is 44.8. The minimum atomic E-state index is 0.204. The summed E-state index contributed by atoms with van der Waals surface area (Å²) in [7, 11) is 45.4. The van der Waals surface area contributed by atoms with Gasteiger partial charge in [0, 0.05) is 31.5 Å². The molecule has 2 heterocycles. The van der Waals surface area contributed by atoms with Gasteiger partial charge in [-0.25, -0.2) is 15.0 Å². The summed E-state index contributed by atoms with van der Waals surface area (Å²) in [6.07, 6.45) is 0. The standard InChI is InChI=1S/C45H22B7N3S/c46-34-31(32-33-35(47)36(48)38(50)40(52)42(33)56-41(32)39(51)37(34)49)27-15-21-30(22-16-27)45-54-43(28-17-11-25(12-18-28)23-7-3-1-4-8-23)53-44(55-45)29-19-13-26(14-20-29)24-9-5-2-6-10-24/h1-22H. The van der Waals surface area contributed by atoms with Gasteiger partial charge < -0.3 is 0 Å². The molecular weight excluding hydrogens is 690 g/mol. The summed E-state index contributed by atoms with van der Waals surface area (Å²) in [5.41, 5.74) is 10.4. The van der Waals surface area contributed by atoms with Gasteiger partial charge in [-0.05, 0) is 38.8 Å².